The van der Waals surface area contributed by atoms with Gasteiger partial charge in [0.25, 0.3) is 0 Å². The van der Waals surface area contributed by atoms with E-state index in [1.54, 1.807) is 0 Å². The van der Waals surface area contributed by atoms with Crippen molar-refractivity contribution < 1.29 is 4.79 Å². The summed E-state index contributed by atoms with van der Waals surface area (Å²) in [6.45, 7) is 5.65. The topological polar surface area (TPSA) is 56.7 Å². The van der Waals surface area contributed by atoms with Crippen LogP contribution in [0.2, 0.25) is 5.02 Å². The van der Waals surface area contributed by atoms with Crippen LogP contribution in [0, 0.1) is 0 Å². The van der Waals surface area contributed by atoms with E-state index in [0.29, 0.717) is 26.1 Å². The summed E-state index contributed by atoms with van der Waals surface area (Å²) in [4.78, 5) is 18.5. The molecule has 0 unspecified atom stereocenters. The van der Waals surface area contributed by atoms with Crippen molar-refractivity contribution in [3.8, 4) is 0 Å². The van der Waals surface area contributed by atoms with Gasteiger partial charge in [0.1, 0.15) is 0 Å². The van der Waals surface area contributed by atoms with Crippen molar-refractivity contribution in [1.29, 1.82) is 0 Å². The van der Waals surface area contributed by atoms with Crippen LogP contribution in [0.4, 0.5) is 0 Å². The molecule has 1 heterocycles. The predicted octanol–water partition coefficient (Wildman–Crippen LogP) is 3.72. The van der Waals surface area contributed by atoms with Crippen LogP contribution in [0.15, 0.2) is 53.5 Å². The second-order valence-electron chi connectivity index (χ2n) is 6.91. The number of halogens is 1. The molecule has 2 N–H and O–H groups in total. The van der Waals surface area contributed by atoms with Crippen LogP contribution in [0.5, 0.6) is 0 Å². The van der Waals surface area contributed by atoms with E-state index >= 15 is 0 Å². The Bertz CT molecular complexity index is 820. The van der Waals surface area contributed by atoms with Gasteiger partial charge in [0, 0.05) is 37.6 Å². The Hall–Kier alpha value is -2.53. The summed E-state index contributed by atoms with van der Waals surface area (Å²) >= 11 is 5.94. The summed E-state index contributed by atoms with van der Waals surface area (Å²) in [5.41, 5.74) is 3.43. The third-order valence-electron chi connectivity index (χ3n) is 4.67. The number of aliphatic imine (C=N–C) groups is 1. The maximum absolute atomic E-state index is 11.8. The molecular formula is C22H27ClN4O. The van der Waals surface area contributed by atoms with Gasteiger partial charge in [-0.25, -0.2) is 4.99 Å². The Morgan fingerprint density at radius 3 is 2.61 bits per heavy atom. The normalized spacial score (nSPS) is 14.4. The van der Waals surface area contributed by atoms with Crippen molar-refractivity contribution in [2.45, 2.75) is 39.4 Å². The smallest absolute Gasteiger partial charge is 0.222 e. The molecule has 28 heavy (non-hydrogen) atoms. The van der Waals surface area contributed by atoms with Gasteiger partial charge in [-0.15, -0.1) is 0 Å². The third kappa shape index (κ3) is 5.99. The quantitative estimate of drug-likeness (QED) is 0.552. The Balaban J connectivity index is 1.59. The number of hydrogen-bond donors (Lipinski definition) is 2. The average molecular weight is 399 g/mol. The van der Waals surface area contributed by atoms with Gasteiger partial charge in [0.2, 0.25) is 5.91 Å². The molecule has 1 fully saturated rings. The van der Waals surface area contributed by atoms with Crippen molar-refractivity contribution in [2.75, 3.05) is 13.1 Å². The Morgan fingerprint density at radius 1 is 1.11 bits per heavy atom. The second kappa shape index (κ2) is 10.1. The third-order valence-corrected chi connectivity index (χ3v) is 4.93. The number of nitrogens with zero attached hydrogens (tertiary/aromatic N) is 2. The van der Waals surface area contributed by atoms with Crippen LogP contribution in [0.1, 0.15) is 36.5 Å². The summed E-state index contributed by atoms with van der Waals surface area (Å²) in [6.07, 6.45) is 1.64. The zero-order valence-corrected chi connectivity index (χ0v) is 17.0. The number of guanidine groups is 1. The van der Waals surface area contributed by atoms with E-state index in [9.17, 15) is 4.79 Å². The Labute approximate surface area is 171 Å². The van der Waals surface area contributed by atoms with E-state index in [0.717, 1.165) is 47.2 Å². The highest BCUT2D eigenvalue weighted by Crippen LogP contribution is 2.15. The zero-order chi connectivity index (χ0) is 19.8. The SMILES string of the molecule is CCNC(=NCc1cccc(CN2CCCC2=O)c1)NCc1ccc(Cl)cc1. The first-order valence-electron chi connectivity index (χ1n) is 9.76. The van der Waals surface area contributed by atoms with E-state index in [-0.39, 0.29) is 5.91 Å². The molecule has 1 aliphatic heterocycles. The van der Waals surface area contributed by atoms with Gasteiger partial charge < -0.3 is 15.5 Å². The van der Waals surface area contributed by atoms with E-state index in [1.807, 2.05) is 42.2 Å². The van der Waals surface area contributed by atoms with Crippen molar-refractivity contribution in [2.24, 2.45) is 4.99 Å². The minimum atomic E-state index is 0.254. The Kier molecular flexibility index (Phi) is 7.31. The van der Waals surface area contributed by atoms with E-state index in [2.05, 4.69) is 28.8 Å². The van der Waals surface area contributed by atoms with Gasteiger partial charge in [-0.3, -0.25) is 4.79 Å². The van der Waals surface area contributed by atoms with Crippen LogP contribution >= 0.6 is 11.6 Å². The van der Waals surface area contributed by atoms with Crippen LogP contribution in [0.3, 0.4) is 0 Å². The summed E-state index contributed by atoms with van der Waals surface area (Å²) in [6, 6.07) is 16.1. The first kappa shape index (κ1) is 20.2. The van der Waals surface area contributed by atoms with Crippen molar-refractivity contribution in [1.82, 2.24) is 15.5 Å². The van der Waals surface area contributed by atoms with Crippen LogP contribution in [-0.4, -0.2) is 29.9 Å². The number of benzene rings is 2. The molecule has 1 amide bonds. The number of hydrogen-bond acceptors (Lipinski definition) is 2. The zero-order valence-electron chi connectivity index (χ0n) is 16.2. The van der Waals surface area contributed by atoms with Gasteiger partial charge in [0.05, 0.1) is 6.54 Å². The van der Waals surface area contributed by atoms with Crippen LogP contribution in [0.25, 0.3) is 0 Å². The van der Waals surface area contributed by atoms with Gasteiger partial charge >= 0.3 is 0 Å². The lowest BCUT2D eigenvalue weighted by Gasteiger charge is -2.16. The lowest BCUT2D eigenvalue weighted by Crippen LogP contribution is -2.36. The van der Waals surface area contributed by atoms with Crippen LogP contribution < -0.4 is 10.6 Å². The Morgan fingerprint density at radius 2 is 1.89 bits per heavy atom. The number of amides is 1. The van der Waals surface area contributed by atoms with Gasteiger partial charge in [-0.2, -0.15) is 0 Å². The maximum Gasteiger partial charge on any atom is 0.222 e. The molecule has 0 spiro atoms. The highest BCUT2D eigenvalue weighted by atomic mass is 35.5. The fourth-order valence-corrected chi connectivity index (χ4v) is 3.34. The molecule has 0 saturated carbocycles. The first-order chi connectivity index (χ1) is 13.6. The van der Waals surface area contributed by atoms with E-state index in [4.69, 9.17) is 16.6 Å². The number of rotatable bonds is 7. The molecule has 6 heteroatoms. The van der Waals surface area contributed by atoms with E-state index in [1.165, 1.54) is 0 Å². The highest BCUT2D eigenvalue weighted by Gasteiger charge is 2.19. The summed E-state index contributed by atoms with van der Waals surface area (Å²) in [5, 5.41) is 7.36. The average Bonchev–Trinajstić information content (AvgIpc) is 3.10. The van der Waals surface area contributed by atoms with Gasteiger partial charge in [-0.1, -0.05) is 48.0 Å². The lowest BCUT2D eigenvalue weighted by molar-refractivity contribution is -0.128. The number of nitrogens with one attached hydrogen (secondary N) is 2. The molecule has 0 bridgehead atoms. The van der Waals surface area contributed by atoms with Crippen LogP contribution in [-0.2, 0) is 24.4 Å². The van der Waals surface area contributed by atoms with Crippen molar-refractivity contribution in [3.63, 3.8) is 0 Å². The van der Waals surface area contributed by atoms with Gasteiger partial charge in [0.15, 0.2) is 5.96 Å². The highest BCUT2D eigenvalue weighted by molar-refractivity contribution is 6.30. The summed E-state index contributed by atoms with van der Waals surface area (Å²) in [5.74, 6) is 1.03. The van der Waals surface area contributed by atoms with Crippen molar-refractivity contribution >= 4 is 23.5 Å². The molecule has 0 atom stereocenters. The molecule has 5 nitrogen and oxygen atoms in total. The standard InChI is InChI=1S/C22H27ClN4O/c1-2-24-22(25-14-17-8-10-20(23)11-9-17)26-15-18-5-3-6-19(13-18)16-27-12-4-7-21(27)28/h3,5-6,8-11,13H,2,4,7,12,14-16H2,1H3,(H2,24,25,26). The summed E-state index contributed by atoms with van der Waals surface area (Å²) in [7, 11) is 0. The van der Waals surface area contributed by atoms with E-state index < -0.39 is 0 Å². The monoisotopic (exact) mass is 398 g/mol. The molecule has 3 rings (SSSR count). The molecule has 1 aliphatic rings. The number of carbonyl (C=O) groups is 1. The minimum Gasteiger partial charge on any atom is -0.357 e. The second-order valence-corrected chi connectivity index (χ2v) is 7.35. The molecule has 0 radical (unpaired) electrons. The lowest BCUT2D eigenvalue weighted by atomic mass is 10.1. The molecule has 0 aliphatic carbocycles. The minimum absolute atomic E-state index is 0.254. The fraction of sp³-hybridized carbons (Fsp3) is 0.364. The van der Waals surface area contributed by atoms with Gasteiger partial charge in [-0.05, 0) is 42.2 Å². The number of likely N-dealkylation sites (tertiary alicyclic amines) is 1. The fourth-order valence-electron chi connectivity index (χ4n) is 3.22. The molecule has 2 aromatic carbocycles. The molecule has 0 aromatic heterocycles. The summed E-state index contributed by atoms with van der Waals surface area (Å²) < 4.78 is 0. The predicted molar refractivity (Wildman–Crippen MR) is 114 cm³/mol. The molecular weight excluding hydrogens is 372 g/mol. The largest absolute Gasteiger partial charge is 0.357 e. The maximum atomic E-state index is 11.8. The molecule has 2 aromatic rings. The molecule has 1 saturated heterocycles. The van der Waals surface area contributed by atoms with Crippen molar-refractivity contribution in [3.05, 3.63) is 70.2 Å². The number of carbonyl (C=O) groups excluding carboxylic acids is 1. The molecule has 148 valence electrons. The first-order valence-corrected chi connectivity index (χ1v) is 10.1.